The highest BCUT2D eigenvalue weighted by atomic mass is 19.1. The highest BCUT2D eigenvalue weighted by Crippen LogP contribution is 2.69. The molecule has 3 fully saturated rings. The van der Waals surface area contributed by atoms with Gasteiger partial charge in [-0.1, -0.05) is 44.3 Å². The minimum atomic E-state index is -1.93. The first-order valence-electron chi connectivity index (χ1n) is 12.1. The number of fused-ring (bicyclic) bond motifs is 5. The Labute approximate surface area is 195 Å². The number of carbonyl (C=O) groups excluding carboxylic acids is 2. The molecule has 0 saturated heterocycles. The van der Waals surface area contributed by atoms with E-state index in [1.54, 1.807) is 19.9 Å². The molecule has 0 radical (unpaired) electrons. The number of hydrogen-bond acceptors (Lipinski definition) is 5. The Morgan fingerprint density at radius 2 is 2.03 bits per heavy atom. The molecule has 0 aromatic rings. The van der Waals surface area contributed by atoms with Crippen molar-refractivity contribution < 1.29 is 28.9 Å². The number of aliphatic hydroxyl groups excluding tert-OH is 2. The lowest BCUT2D eigenvalue weighted by Crippen LogP contribution is -2.67. The summed E-state index contributed by atoms with van der Waals surface area (Å²) in [7, 11) is 0. The number of alkyl halides is 1. The third-order valence-electron chi connectivity index (χ3n) is 9.09. The van der Waals surface area contributed by atoms with Gasteiger partial charge in [0.2, 0.25) is 0 Å². The van der Waals surface area contributed by atoms with E-state index in [0.29, 0.717) is 18.4 Å². The van der Waals surface area contributed by atoms with Gasteiger partial charge >= 0.3 is 5.97 Å². The Balaban J connectivity index is 1.74. The Morgan fingerprint density at radius 1 is 1.30 bits per heavy atom. The Morgan fingerprint density at radius 3 is 2.70 bits per heavy atom. The summed E-state index contributed by atoms with van der Waals surface area (Å²) in [4.78, 5) is 24.8. The van der Waals surface area contributed by atoms with Gasteiger partial charge in [-0.2, -0.15) is 0 Å². The van der Waals surface area contributed by atoms with E-state index < -0.39 is 28.5 Å². The molecule has 4 aliphatic rings. The van der Waals surface area contributed by atoms with E-state index in [0.717, 1.165) is 12.0 Å². The molecule has 0 aromatic carbocycles. The lowest BCUT2D eigenvalue weighted by Gasteiger charge is -2.61. The fraction of sp³-hybridized carbons (Fsp3) is 0.704. The van der Waals surface area contributed by atoms with Crippen LogP contribution in [-0.4, -0.2) is 46.4 Å². The SMILES string of the molecule is CCC(=O)O[C@H]1[C@@H](C)C[C@H]2[C@@H]3CCC4=CC(=O)C(CC#CCO)=C[C@]4(C)[C@@]3(F)[C@@H](O)C[C@@]21C. The summed E-state index contributed by atoms with van der Waals surface area (Å²) in [6.45, 7) is 7.36. The van der Waals surface area contributed by atoms with E-state index in [-0.39, 0.29) is 55.6 Å². The molecule has 2 N–H and O–H groups in total. The Kier molecular flexibility index (Phi) is 6.12. The first-order chi connectivity index (χ1) is 15.5. The van der Waals surface area contributed by atoms with Gasteiger partial charge in [0, 0.05) is 35.2 Å². The van der Waals surface area contributed by atoms with Crippen molar-refractivity contribution in [3.05, 3.63) is 23.3 Å². The summed E-state index contributed by atoms with van der Waals surface area (Å²) in [6, 6.07) is 0. The third-order valence-corrected chi connectivity index (χ3v) is 9.09. The Bertz CT molecular complexity index is 973. The number of allylic oxidation sites excluding steroid dienone is 4. The number of hydrogen-bond donors (Lipinski definition) is 2. The highest BCUT2D eigenvalue weighted by molar-refractivity contribution is 6.06. The maximum absolute atomic E-state index is 17.4. The molecule has 0 aliphatic heterocycles. The number of halogens is 1. The zero-order valence-corrected chi connectivity index (χ0v) is 20.0. The topological polar surface area (TPSA) is 83.8 Å². The molecule has 0 heterocycles. The van der Waals surface area contributed by atoms with E-state index in [1.807, 2.05) is 6.92 Å². The van der Waals surface area contributed by atoms with Gasteiger partial charge in [-0.05, 0) is 50.5 Å². The largest absolute Gasteiger partial charge is 0.461 e. The molecule has 0 spiro atoms. The van der Waals surface area contributed by atoms with Crippen LogP contribution in [-0.2, 0) is 14.3 Å². The highest BCUT2D eigenvalue weighted by Gasteiger charge is 2.71. The molecule has 6 heteroatoms. The molecule has 0 aromatic heterocycles. The van der Waals surface area contributed by atoms with Gasteiger partial charge in [-0.25, -0.2) is 4.39 Å². The second kappa shape index (κ2) is 8.36. The van der Waals surface area contributed by atoms with Crippen LogP contribution in [0.5, 0.6) is 0 Å². The molecule has 3 saturated carbocycles. The average Bonchev–Trinajstić information content (AvgIpc) is 3.00. The van der Waals surface area contributed by atoms with Gasteiger partial charge in [0.1, 0.15) is 12.7 Å². The molecule has 5 nitrogen and oxygen atoms in total. The van der Waals surface area contributed by atoms with Crippen molar-refractivity contribution in [2.75, 3.05) is 6.61 Å². The fourth-order valence-electron chi connectivity index (χ4n) is 7.53. The van der Waals surface area contributed by atoms with E-state index in [9.17, 15) is 14.7 Å². The zero-order valence-electron chi connectivity index (χ0n) is 20.0. The van der Waals surface area contributed by atoms with Crippen LogP contribution in [0.25, 0.3) is 0 Å². The molecule has 8 atom stereocenters. The lowest BCUT2D eigenvalue weighted by molar-refractivity contribution is -0.207. The predicted octanol–water partition coefficient (Wildman–Crippen LogP) is 3.68. The summed E-state index contributed by atoms with van der Waals surface area (Å²) in [6.07, 6.45) is 4.17. The van der Waals surface area contributed by atoms with Crippen molar-refractivity contribution in [3.8, 4) is 11.8 Å². The number of carbonyl (C=O) groups is 2. The summed E-state index contributed by atoms with van der Waals surface area (Å²) in [5.74, 6) is 4.53. The quantitative estimate of drug-likeness (QED) is 0.498. The molecule has 0 amide bonds. The lowest BCUT2D eigenvalue weighted by atomic mass is 9.45. The summed E-state index contributed by atoms with van der Waals surface area (Å²) in [5, 5.41) is 20.4. The van der Waals surface area contributed by atoms with Gasteiger partial charge < -0.3 is 14.9 Å². The normalized spacial score (nSPS) is 43.8. The maximum Gasteiger partial charge on any atom is 0.305 e. The molecule has 33 heavy (non-hydrogen) atoms. The van der Waals surface area contributed by atoms with Crippen LogP contribution in [0.15, 0.2) is 23.3 Å². The first-order valence-corrected chi connectivity index (χ1v) is 12.1. The van der Waals surface area contributed by atoms with E-state index in [4.69, 9.17) is 9.84 Å². The number of aliphatic hydroxyl groups is 2. The number of ether oxygens (including phenoxy) is 1. The molecule has 0 bridgehead atoms. The summed E-state index contributed by atoms with van der Waals surface area (Å²) >= 11 is 0. The van der Waals surface area contributed by atoms with Gasteiger partial charge in [0.25, 0.3) is 0 Å². The van der Waals surface area contributed by atoms with Crippen LogP contribution < -0.4 is 0 Å². The van der Waals surface area contributed by atoms with Crippen molar-refractivity contribution in [2.45, 2.75) is 84.1 Å². The number of ketones is 1. The zero-order chi connectivity index (χ0) is 24.2. The molecular weight excluding hydrogens is 423 g/mol. The van der Waals surface area contributed by atoms with Crippen molar-refractivity contribution >= 4 is 11.8 Å². The Hall–Kier alpha value is -1.97. The van der Waals surface area contributed by atoms with Crippen LogP contribution in [0, 0.1) is 40.4 Å². The van der Waals surface area contributed by atoms with E-state index in [1.165, 1.54) is 6.08 Å². The second-order valence-corrected chi connectivity index (χ2v) is 10.8. The maximum atomic E-state index is 17.4. The molecule has 0 unspecified atom stereocenters. The van der Waals surface area contributed by atoms with Gasteiger partial charge in [0.05, 0.1) is 6.10 Å². The van der Waals surface area contributed by atoms with Crippen molar-refractivity contribution in [3.63, 3.8) is 0 Å². The van der Waals surface area contributed by atoms with Crippen LogP contribution in [0.1, 0.15) is 66.2 Å². The van der Waals surface area contributed by atoms with Crippen LogP contribution >= 0.6 is 0 Å². The summed E-state index contributed by atoms with van der Waals surface area (Å²) in [5.41, 5.74) is -2.39. The molecule has 4 rings (SSSR count). The average molecular weight is 459 g/mol. The van der Waals surface area contributed by atoms with Crippen LogP contribution in [0.3, 0.4) is 0 Å². The second-order valence-electron chi connectivity index (χ2n) is 10.8. The van der Waals surface area contributed by atoms with Gasteiger partial charge in [0.15, 0.2) is 11.5 Å². The smallest absolute Gasteiger partial charge is 0.305 e. The minimum absolute atomic E-state index is 0.0300. The standard InChI is InChI=1S/C27H35FO5/c1-5-23(32)33-24-16(2)12-20-19-10-9-18-13-21(30)17(8-6-7-11-29)14-26(18,4)27(19,28)22(31)15-25(20,24)3/h13-14,16,19-20,22,24,29,31H,5,8-12,15H2,1-4H3/t16-,19-,20-,22-,24-,25-,26-,27-/m0/s1. The van der Waals surface area contributed by atoms with Gasteiger partial charge in [-0.3, -0.25) is 9.59 Å². The number of rotatable bonds is 3. The monoisotopic (exact) mass is 458 g/mol. The third kappa shape index (κ3) is 3.42. The van der Waals surface area contributed by atoms with Gasteiger partial charge in [-0.15, -0.1) is 0 Å². The molecular formula is C27H35FO5. The minimum Gasteiger partial charge on any atom is -0.461 e. The predicted molar refractivity (Wildman–Crippen MR) is 121 cm³/mol. The number of esters is 1. The summed E-state index contributed by atoms with van der Waals surface area (Å²) < 4.78 is 23.2. The van der Waals surface area contributed by atoms with Crippen molar-refractivity contribution in [1.29, 1.82) is 0 Å². The van der Waals surface area contributed by atoms with E-state index in [2.05, 4.69) is 18.8 Å². The molecule has 4 aliphatic carbocycles. The van der Waals surface area contributed by atoms with E-state index >= 15 is 4.39 Å². The van der Waals surface area contributed by atoms with Crippen molar-refractivity contribution in [2.24, 2.45) is 28.6 Å². The van der Waals surface area contributed by atoms with Crippen molar-refractivity contribution in [1.82, 2.24) is 0 Å². The fourth-order valence-corrected chi connectivity index (χ4v) is 7.53. The van der Waals surface area contributed by atoms with Crippen LogP contribution in [0.4, 0.5) is 4.39 Å². The van der Waals surface area contributed by atoms with Crippen LogP contribution in [0.2, 0.25) is 0 Å². The first kappa shape index (κ1) is 24.2. The molecule has 180 valence electrons.